The van der Waals surface area contributed by atoms with E-state index in [0.29, 0.717) is 11.7 Å². The first-order valence-corrected chi connectivity index (χ1v) is 9.01. The second kappa shape index (κ2) is 8.12. The highest BCUT2D eigenvalue weighted by Gasteiger charge is 2.33. The van der Waals surface area contributed by atoms with Crippen molar-refractivity contribution in [1.29, 1.82) is 0 Å². The zero-order chi connectivity index (χ0) is 17.6. The molecule has 3 rings (SSSR count). The van der Waals surface area contributed by atoms with Crippen molar-refractivity contribution >= 4 is 34.7 Å². The number of para-hydroxylation sites is 2. The van der Waals surface area contributed by atoms with Gasteiger partial charge in [-0.05, 0) is 42.4 Å². The first kappa shape index (κ1) is 17.4. The van der Waals surface area contributed by atoms with Crippen molar-refractivity contribution in [3.05, 3.63) is 60.2 Å². The number of nitrogens with one attached hydrogen (secondary N) is 1. The number of thiocarbonyl (C=S) groups is 1. The average Bonchev–Trinajstić information content (AvgIpc) is 2.62. The van der Waals surface area contributed by atoms with Gasteiger partial charge in [0, 0.05) is 11.4 Å². The van der Waals surface area contributed by atoms with Crippen LogP contribution in [0.3, 0.4) is 0 Å². The molecule has 0 saturated heterocycles. The fourth-order valence-corrected chi connectivity index (χ4v) is 3.33. The Morgan fingerprint density at radius 2 is 1.88 bits per heavy atom. The number of carbonyl (C=O) groups excluding carboxylic acids is 1. The van der Waals surface area contributed by atoms with Crippen LogP contribution in [-0.4, -0.2) is 17.7 Å². The number of carbonyl (C=O) groups is 1. The van der Waals surface area contributed by atoms with E-state index in [4.69, 9.17) is 17.0 Å². The lowest BCUT2D eigenvalue weighted by Gasteiger charge is -2.39. The van der Waals surface area contributed by atoms with E-state index in [1.807, 2.05) is 59.5 Å². The van der Waals surface area contributed by atoms with Crippen LogP contribution in [0.25, 0.3) is 0 Å². The third kappa shape index (κ3) is 3.99. The van der Waals surface area contributed by atoms with Crippen LogP contribution in [0.5, 0.6) is 0 Å². The van der Waals surface area contributed by atoms with Crippen molar-refractivity contribution in [2.75, 3.05) is 16.8 Å². The molecule has 1 N–H and O–H groups in total. The van der Waals surface area contributed by atoms with Crippen molar-refractivity contribution in [3.63, 3.8) is 0 Å². The van der Waals surface area contributed by atoms with E-state index in [0.717, 1.165) is 29.8 Å². The molecule has 4 nitrogen and oxygen atoms in total. The van der Waals surface area contributed by atoms with Crippen LogP contribution >= 0.6 is 12.2 Å². The van der Waals surface area contributed by atoms with Crippen molar-refractivity contribution in [2.24, 2.45) is 0 Å². The summed E-state index contributed by atoms with van der Waals surface area (Å²) in [5.74, 6) is -0.195. The van der Waals surface area contributed by atoms with E-state index in [1.165, 1.54) is 0 Å². The fraction of sp³-hybridized carbons (Fsp3) is 0.300. The number of nitrogens with zero attached hydrogens (tertiary/aromatic N) is 1. The lowest BCUT2D eigenvalue weighted by atomic mass is 9.97. The van der Waals surface area contributed by atoms with E-state index in [2.05, 4.69) is 12.2 Å². The van der Waals surface area contributed by atoms with Crippen LogP contribution in [0.4, 0.5) is 11.4 Å². The average molecular weight is 354 g/mol. The fourth-order valence-electron chi connectivity index (χ4n) is 2.99. The lowest BCUT2D eigenvalue weighted by molar-refractivity contribution is -0.144. The van der Waals surface area contributed by atoms with Crippen LogP contribution < -0.4 is 10.2 Å². The van der Waals surface area contributed by atoms with Crippen LogP contribution in [0.1, 0.15) is 37.8 Å². The summed E-state index contributed by atoms with van der Waals surface area (Å²) in [6.45, 7) is 2.55. The Labute approximate surface area is 153 Å². The van der Waals surface area contributed by atoms with Gasteiger partial charge in [0.05, 0.1) is 19.1 Å². The quantitative estimate of drug-likeness (QED) is 0.463. The molecule has 0 fully saturated rings. The predicted molar refractivity (Wildman–Crippen MR) is 105 cm³/mol. The van der Waals surface area contributed by atoms with Crippen LogP contribution in [-0.2, 0) is 9.53 Å². The molecule has 1 unspecified atom stereocenters. The van der Waals surface area contributed by atoms with Crippen LogP contribution in [0.15, 0.2) is 54.6 Å². The Balaban J connectivity index is 1.90. The number of anilines is 2. The molecule has 5 heteroatoms. The Morgan fingerprint density at radius 3 is 2.64 bits per heavy atom. The number of esters is 1. The van der Waals surface area contributed by atoms with Gasteiger partial charge in [-0.25, -0.2) is 0 Å². The summed E-state index contributed by atoms with van der Waals surface area (Å²) in [6.07, 6.45) is 2.15. The summed E-state index contributed by atoms with van der Waals surface area (Å²) in [5, 5.41) is 3.86. The van der Waals surface area contributed by atoms with Gasteiger partial charge in [-0.3, -0.25) is 4.79 Å². The maximum absolute atomic E-state index is 12.4. The summed E-state index contributed by atoms with van der Waals surface area (Å²) in [7, 11) is 0. The van der Waals surface area contributed by atoms with E-state index < -0.39 is 0 Å². The molecular weight excluding hydrogens is 332 g/mol. The van der Waals surface area contributed by atoms with Crippen molar-refractivity contribution in [1.82, 2.24) is 0 Å². The smallest absolute Gasteiger partial charge is 0.308 e. The summed E-state index contributed by atoms with van der Waals surface area (Å²) in [5.41, 5.74) is 2.96. The van der Waals surface area contributed by atoms with Crippen molar-refractivity contribution in [3.8, 4) is 0 Å². The van der Waals surface area contributed by atoms with Gasteiger partial charge in [0.1, 0.15) is 0 Å². The topological polar surface area (TPSA) is 41.6 Å². The second-order valence-electron chi connectivity index (χ2n) is 6.02. The second-order valence-corrected chi connectivity index (χ2v) is 6.40. The summed E-state index contributed by atoms with van der Waals surface area (Å²) in [4.78, 5) is 14.4. The highest BCUT2D eigenvalue weighted by Crippen LogP contribution is 2.38. The third-order valence-corrected chi connectivity index (χ3v) is 4.55. The normalized spacial score (nSPS) is 16.1. The van der Waals surface area contributed by atoms with E-state index in [9.17, 15) is 4.79 Å². The van der Waals surface area contributed by atoms with Crippen molar-refractivity contribution < 1.29 is 9.53 Å². The SMILES string of the molecule is CCCCOC(=O)CC1c2ccccc2NC(=S)N1c1ccccc1. The number of fused-ring (bicyclic) bond motifs is 1. The number of ether oxygens (including phenoxy) is 1. The highest BCUT2D eigenvalue weighted by atomic mass is 32.1. The first-order chi connectivity index (χ1) is 12.2. The molecule has 1 heterocycles. The number of unbranched alkanes of at least 4 members (excludes halogenated alkanes) is 1. The standard InChI is InChI=1S/C20H22N2O2S/c1-2-3-13-24-19(23)14-18-16-11-7-8-12-17(16)21-20(25)22(18)15-9-5-4-6-10-15/h4-12,18H,2-3,13-14H2,1H3,(H,21,25). The number of benzene rings is 2. The Bertz CT molecular complexity index is 748. The molecular formula is C20H22N2O2S. The van der Waals surface area contributed by atoms with Gasteiger partial charge >= 0.3 is 5.97 Å². The van der Waals surface area contributed by atoms with Gasteiger partial charge in [0.2, 0.25) is 0 Å². The summed E-state index contributed by atoms with van der Waals surface area (Å²) >= 11 is 5.58. The molecule has 25 heavy (non-hydrogen) atoms. The minimum absolute atomic E-state index is 0.179. The molecule has 2 aromatic rings. The van der Waals surface area contributed by atoms with Gasteiger partial charge in [-0.2, -0.15) is 0 Å². The van der Waals surface area contributed by atoms with Crippen molar-refractivity contribution in [2.45, 2.75) is 32.2 Å². The molecule has 1 aliphatic rings. The highest BCUT2D eigenvalue weighted by molar-refractivity contribution is 7.80. The summed E-state index contributed by atoms with van der Waals surface area (Å²) in [6, 6.07) is 17.7. The van der Waals surface area contributed by atoms with Gasteiger partial charge in [0.15, 0.2) is 5.11 Å². The lowest BCUT2D eigenvalue weighted by Crippen LogP contribution is -2.43. The molecule has 2 aromatic carbocycles. The Morgan fingerprint density at radius 1 is 1.16 bits per heavy atom. The monoisotopic (exact) mass is 354 g/mol. The van der Waals surface area contributed by atoms with E-state index >= 15 is 0 Å². The van der Waals surface area contributed by atoms with Gasteiger partial charge in [-0.15, -0.1) is 0 Å². The molecule has 1 atom stereocenters. The number of hydrogen-bond acceptors (Lipinski definition) is 3. The largest absolute Gasteiger partial charge is 0.466 e. The maximum atomic E-state index is 12.4. The maximum Gasteiger partial charge on any atom is 0.308 e. The zero-order valence-corrected chi connectivity index (χ0v) is 15.1. The Hall–Kier alpha value is -2.40. The first-order valence-electron chi connectivity index (χ1n) is 8.60. The number of hydrogen-bond donors (Lipinski definition) is 1. The summed E-state index contributed by atoms with van der Waals surface area (Å²) < 4.78 is 5.39. The Kier molecular flexibility index (Phi) is 5.66. The molecule has 0 bridgehead atoms. The van der Waals surface area contributed by atoms with E-state index in [1.54, 1.807) is 0 Å². The van der Waals surface area contributed by atoms with Gasteiger partial charge in [0.25, 0.3) is 0 Å². The molecule has 130 valence electrons. The minimum Gasteiger partial charge on any atom is -0.466 e. The molecule has 0 radical (unpaired) electrons. The number of rotatable bonds is 6. The third-order valence-electron chi connectivity index (χ3n) is 4.25. The van der Waals surface area contributed by atoms with Crippen LogP contribution in [0.2, 0.25) is 0 Å². The molecule has 0 saturated carbocycles. The van der Waals surface area contributed by atoms with Gasteiger partial charge < -0.3 is 15.0 Å². The minimum atomic E-state index is -0.195. The van der Waals surface area contributed by atoms with E-state index in [-0.39, 0.29) is 18.4 Å². The van der Waals surface area contributed by atoms with Gasteiger partial charge in [-0.1, -0.05) is 49.7 Å². The van der Waals surface area contributed by atoms with Crippen LogP contribution in [0, 0.1) is 0 Å². The molecule has 0 amide bonds. The molecule has 0 spiro atoms. The molecule has 0 aliphatic carbocycles. The molecule has 0 aromatic heterocycles. The molecule has 1 aliphatic heterocycles. The zero-order valence-electron chi connectivity index (χ0n) is 14.3. The predicted octanol–water partition coefficient (Wildman–Crippen LogP) is 4.68.